The quantitative estimate of drug-likeness (QED) is 0.384. The Labute approximate surface area is 207 Å². The first-order chi connectivity index (χ1) is 17.4. The van der Waals surface area contributed by atoms with Crippen LogP contribution in [0.25, 0.3) is 11.5 Å². The molecule has 1 amide bonds. The molecule has 6 nitrogen and oxygen atoms in total. The van der Waals surface area contributed by atoms with Crippen molar-refractivity contribution in [3.63, 3.8) is 0 Å². The summed E-state index contributed by atoms with van der Waals surface area (Å²) in [5.74, 6) is 0.487. The summed E-state index contributed by atoms with van der Waals surface area (Å²) in [4.78, 5) is 15.0. The molecular formula is C27H26F3N5O. The number of hydrogen-bond acceptors (Lipinski definition) is 3. The number of anilines is 1. The van der Waals surface area contributed by atoms with Gasteiger partial charge in [0.2, 0.25) is 5.91 Å². The van der Waals surface area contributed by atoms with Gasteiger partial charge in [0.15, 0.2) is 0 Å². The van der Waals surface area contributed by atoms with E-state index in [1.165, 1.54) is 12.1 Å². The molecular weight excluding hydrogens is 467 g/mol. The number of carbonyl (C=O) groups is 1. The van der Waals surface area contributed by atoms with Gasteiger partial charge in [-0.25, -0.2) is 4.68 Å². The highest BCUT2D eigenvalue weighted by Crippen LogP contribution is 2.31. The average Bonchev–Trinajstić information content (AvgIpc) is 3.55. The van der Waals surface area contributed by atoms with E-state index in [0.29, 0.717) is 32.5 Å². The maximum absolute atomic E-state index is 13.0. The smallest absolute Gasteiger partial charge is 0.326 e. The summed E-state index contributed by atoms with van der Waals surface area (Å²) in [6.07, 6.45) is 2.69. The van der Waals surface area contributed by atoms with E-state index in [0.717, 1.165) is 29.2 Å². The van der Waals surface area contributed by atoms with Gasteiger partial charge >= 0.3 is 6.18 Å². The van der Waals surface area contributed by atoms with Crippen molar-refractivity contribution >= 4 is 11.6 Å². The molecule has 186 valence electrons. The maximum Gasteiger partial charge on any atom is 0.416 e. The molecule has 4 aromatic rings. The Morgan fingerprint density at radius 1 is 0.972 bits per heavy atom. The zero-order chi connectivity index (χ0) is 25.1. The summed E-state index contributed by atoms with van der Waals surface area (Å²) in [6.45, 7) is 2.10. The van der Waals surface area contributed by atoms with E-state index in [4.69, 9.17) is 0 Å². The van der Waals surface area contributed by atoms with Gasteiger partial charge in [-0.3, -0.25) is 9.69 Å². The fourth-order valence-electron chi connectivity index (χ4n) is 4.61. The third-order valence-corrected chi connectivity index (χ3v) is 6.48. The summed E-state index contributed by atoms with van der Waals surface area (Å²) in [5.41, 5.74) is 1.44. The molecule has 9 heteroatoms. The van der Waals surface area contributed by atoms with Crippen LogP contribution in [-0.2, 0) is 17.5 Å². The molecule has 1 N–H and O–H groups in total. The van der Waals surface area contributed by atoms with Crippen molar-refractivity contribution in [1.29, 1.82) is 0 Å². The first-order valence-electron chi connectivity index (χ1n) is 11.8. The second-order valence-corrected chi connectivity index (χ2v) is 8.95. The lowest BCUT2D eigenvalue weighted by molar-refractivity contribution is -0.137. The number of alkyl halides is 3. The number of halogens is 3. The molecule has 0 saturated carbocycles. The monoisotopic (exact) mass is 493 g/mol. The number of nitrogens with zero attached hydrogens (tertiary/aromatic N) is 4. The molecule has 0 radical (unpaired) electrons. The molecule has 0 aliphatic carbocycles. The molecule has 36 heavy (non-hydrogen) atoms. The van der Waals surface area contributed by atoms with Crippen molar-refractivity contribution in [3.8, 4) is 11.5 Å². The molecule has 1 fully saturated rings. The molecule has 2 aromatic carbocycles. The zero-order valence-corrected chi connectivity index (χ0v) is 19.5. The van der Waals surface area contributed by atoms with Crippen molar-refractivity contribution in [2.75, 3.05) is 18.4 Å². The van der Waals surface area contributed by atoms with Gasteiger partial charge < -0.3 is 9.88 Å². The van der Waals surface area contributed by atoms with Gasteiger partial charge in [-0.2, -0.15) is 18.3 Å². The van der Waals surface area contributed by atoms with E-state index in [-0.39, 0.29) is 17.5 Å². The molecule has 1 aliphatic heterocycles. The van der Waals surface area contributed by atoms with Crippen LogP contribution < -0.4 is 5.32 Å². The Bertz CT molecular complexity index is 1310. The predicted molar refractivity (Wildman–Crippen MR) is 131 cm³/mol. The van der Waals surface area contributed by atoms with Gasteiger partial charge in [0.05, 0.1) is 17.4 Å². The van der Waals surface area contributed by atoms with Crippen molar-refractivity contribution in [2.24, 2.45) is 5.92 Å². The lowest BCUT2D eigenvalue weighted by Crippen LogP contribution is -2.37. The summed E-state index contributed by atoms with van der Waals surface area (Å²) in [6, 6.07) is 18.6. The van der Waals surface area contributed by atoms with Crippen LogP contribution in [0.5, 0.6) is 0 Å². The average molecular weight is 494 g/mol. The Kier molecular flexibility index (Phi) is 6.65. The topological polar surface area (TPSA) is 55.1 Å². The van der Waals surface area contributed by atoms with E-state index < -0.39 is 11.7 Å². The van der Waals surface area contributed by atoms with Crippen LogP contribution in [0.3, 0.4) is 0 Å². The SMILES string of the molecule is O=C(Nc1cccc(C(F)(F)F)c1)C1CCN(Cc2cnn(-c3ccccc3)c2-n2cccc2)CC1. The largest absolute Gasteiger partial charge is 0.416 e. The minimum absolute atomic E-state index is 0.168. The predicted octanol–water partition coefficient (Wildman–Crippen LogP) is 5.53. The van der Waals surface area contributed by atoms with E-state index in [9.17, 15) is 18.0 Å². The van der Waals surface area contributed by atoms with Crippen LogP contribution in [0.1, 0.15) is 24.0 Å². The highest BCUT2D eigenvalue weighted by Gasteiger charge is 2.31. The number of likely N-dealkylation sites (tertiary alicyclic amines) is 1. The van der Waals surface area contributed by atoms with E-state index in [2.05, 4.69) is 15.3 Å². The van der Waals surface area contributed by atoms with Crippen molar-refractivity contribution in [3.05, 3.63) is 96.4 Å². The highest BCUT2D eigenvalue weighted by molar-refractivity contribution is 5.92. The Morgan fingerprint density at radius 2 is 1.69 bits per heavy atom. The summed E-state index contributed by atoms with van der Waals surface area (Å²) < 4.78 is 42.9. The normalized spacial score (nSPS) is 15.2. The van der Waals surface area contributed by atoms with Gasteiger partial charge in [0.1, 0.15) is 5.82 Å². The van der Waals surface area contributed by atoms with Gasteiger partial charge in [0.25, 0.3) is 0 Å². The second-order valence-electron chi connectivity index (χ2n) is 8.95. The van der Waals surface area contributed by atoms with Crippen LogP contribution in [0.2, 0.25) is 0 Å². The fourth-order valence-corrected chi connectivity index (χ4v) is 4.61. The van der Waals surface area contributed by atoms with Crippen molar-refractivity contribution in [2.45, 2.75) is 25.6 Å². The second kappa shape index (κ2) is 10.0. The zero-order valence-electron chi connectivity index (χ0n) is 19.5. The fraction of sp³-hybridized carbons (Fsp3) is 0.259. The molecule has 0 unspecified atom stereocenters. The number of piperidine rings is 1. The van der Waals surface area contributed by atoms with Crippen LogP contribution in [0, 0.1) is 5.92 Å². The number of rotatable bonds is 6. The Morgan fingerprint density at radius 3 is 2.39 bits per heavy atom. The van der Waals surface area contributed by atoms with Crippen LogP contribution in [-0.4, -0.2) is 38.2 Å². The number of carbonyl (C=O) groups excluding carboxylic acids is 1. The van der Waals surface area contributed by atoms with E-state index in [1.807, 2.05) is 70.3 Å². The molecule has 0 bridgehead atoms. The first kappa shape index (κ1) is 23.9. The number of aromatic nitrogens is 3. The van der Waals surface area contributed by atoms with E-state index >= 15 is 0 Å². The third kappa shape index (κ3) is 5.21. The number of nitrogens with one attached hydrogen (secondary N) is 1. The van der Waals surface area contributed by atoms with Gasteiger partial charge in [-0.05, 0) is 68.4 Å². The van der Waals surface area contributed by atoms with E-state index in [1.54, 1.807) is 0 Å². The molecule has 0 atom stereocenters. The number of hydrogen-bond donors (Lipinski definition) is 1. The van der Waals surface area contributed by atoms with Crippen molar-refractivity contribution in [1.82, 2.24) is 19.2 Å². The van der Waals surface area contributed by atoms with Gasteiger partial charge in [-0.15, -0.1) is 0 Å². The van der Waals surface area contributed by atoms with Crippen LogP contribution in [0.4, 0.5) is 18.9 Å². The van der Waals surface area contributed by atoms with Crippen LogP contribution in [0.15, 0.2) is 85.3 Å². The molecule has 1 saturated heterocycles. The summed E-state index contributed by atoms with van der Waals surface area (Å²) in [7, 11) is 0. The standard InChI is InChI=1S/C27H26F3N5O/c28-27(29,30)22-7-6-8-23(17-22)32-25(36)20-11-15-33(16-12-20)19-21-18-31-35(24-9-2-1-3-10-24)26(21)34-13-4-5-14-34/h1-10,13-14,17-18,20H,11-12,15-16,19H2,(H,32,36). The highest BCUT2D eigenvalue weighted by atomic mass is 19.4. The summed E-state index contributed by atoms with van der Waals surface area (Å²) in [5, 5.41) is 7.31. The molecule has 5 rings (SSSR count). The van der Waals surface area contributed by atoms with Gasteiger partial charge in [-0.1, -0.05) is 24.3 Å². The minimum Gasteiger partial charge on any atom is -0.326 e. The van der Waals surface area contributed by atoms with Crippen molar-refractivity contribution < 1.29 is 18.0 Å². The number of benzene rings is 2. The number of para-hydroxylation sites is 1. The molecule has 0 spiro atoms. The molecule has 3 heterocycles. The lowest BCUT2D eigenvalue weighted by Gasteiger charge is -2.31. The lowest BCUT2D eigenvalue weighted by atomic mass is 9.95. The van der Waals surface area contributed by atoms with Crippen LogP contribution >= 0.6 is 0 Å². The number of amides is 1. The molecule has 2 aromatic heterocycles. The third-order valence-electron chi connectivity index (χ3n) is 6.48. The molecule has 1 aliphatic rings. The Hall–Kier alpha value is -3.85. The minimum atomic E-state index is -4.44. The first-order valence-corrected chi connectivity index (χ1v) is 11.8. The Balaban J connectivity index is 1.24. The summed E-state index contributed by atoms with van der Waals surface area (Å²) >= 11 is 0. The van der Waals surface area contributed by atoms with Gasteiger partial charge in [0, 0.05) is 36.1 Å². The maximum atomic E-state index is 13.0.